The van der Waals surface area contributed by atoms with Gasteiger partial charge >= 0.3 is 5.97 Å². The second-order valence-corrected chi connectivity index (χ2v) is 4.22. The molecule has 1 aromatic rings. The minimum absolute atomic E-state index is 0.110. The van der Waals surface area contributed by atoms with E-state index in [2.05, 4.69) is 0 Å². The average Bonchev–Trinajstić information content (AvgIpc) is 2.79. The molecule has 1 amide bonds. The smallest absolute Gasteiger partial charge is 0.343 e. The minimum atomic E-state index is -0.461. The van der Waals surface area contributed by atoms with Crippen LogP contribution in [0, 0.1) is 0 Å². The fraction of sp³-hybridized carbons (Fsp3) is 0.538. The maximum Gasteiger partial charge on any atom is 0.343 e. The van der Waals surface area contributed by atoms with Gasteiger partial charge in [-0.1, -0.05) is 0 Å². The molecule has 2 rings (SSSR count). The van der Waals surface area contributed by atoms with Crippen LogP contribution in [0.4, 0.5) is 0 Å². The van der Waals surface area contributed by atoms with Crippen molar-refractivity contribution in [3.8, 4) is 5.75 Å². The highest BCUT2D eigenvalue weighted by Gasteiger charge is 2.32. The van der Waals surface area contributed by atoms with Gasteiger partial charge in [-0.05, 0) is 13.8 Å². The number of esters is 1. The van der Waals surface area contributed by atoms with Crippen molar-refractivity contribution in [3.05, 3.63) is 17.5 Å². The molecule has 2 heterocycles. The number of aromatic nitrogens is 1. The zero-order chi connectivity index (χ0) is 14.0. The Labute approximate surface area is 111 Å². The molecule has 6 nitrogen and oxygen atoms in total. The van der Waals surface area contributed by atoms with Crippen molar-refractivity contribution in [2.24, 2.45) is 0 Å². The van der Waals surface area contributed by atoms with Crippen LogP contribution in [0.2, 0.25) is 0 Å². The van der Waals surface area contributed by atoms with Crippen LogP contribution in [0.5, 0.6) is 5.75 Å². The second-order valence-electron chi connectivity index (χ2n) is 4.22. The van der Waals surface area contributed by atoms with Crippen molar-refractivity contribution in [1.29, 1.82) is 0 Å². The van der Waals surface area contributed by atoms with Crippen molar-refractivity contribution >= 4 is 11.9 Å². The Morgan fingerprint density at radius 2 is 2.11 bits per heavy atom. The standard InChI is InChI=1S/C13H18N2O4/c1-4-14-6-7-15-8-9(13(17)19-5-2)11(18-3)10(15)12(14)16/h8H,4-7H2,1-3H3. The summed E-state index contributed by atoms with van der Waals surface area (Å²) in [5.41, 5.74) is 0.740. The van der Waals surface area contributed by atoms with E-state index < -0.39 is 5.97 Å². The number of nitrogens with zero attached hydrogens (tertiary/aromatic N) is 2. The van der Waals surface area contributed by atoms with Crippen molar-refractivity contribution in [2.75, 3.05) is 26.8 Å². The van der Waals surface area contributed by atoms with E-state index in [4.69, 9.17) is 9.47 Å². The Morgan fingerprint density at radius 3 is 2.68 bits per heavy atom. The number of ether oxygens (including phenoxy) is 2. The number of methoxy groups -OCH3 is 1. The van der Waals surface area contributed by atoms with Gasteiger partial charge in [0, 0.05) is 25.8 Å². The van der Waals surface area contributed by atoms with E-state index in [0.29, 0.717) is 36.6 Å². The van der Waals surface area contributed by atoms with Crippen molar-refractivity contribution in [2.45, 2.75) is 20.4 Å². The summed E-state index contributed by atoms with van der Waals surface area (Å²) in [6.07, 6.45) is 1.64. The van der Waals surface area contributed by atoms with Gasteiger partial charge in [0.1, 0.15) is 5.56 Å². The Morgan fingerprint density at radius 1 is 1.37 bits per heavy atom. The molecule has 0 saturated carbocycles. The maximum atomic E-state index is 12.3. The molecular weight excluding hydrogens is 248 g/mol. The first-order valence-corrected chi connectivity index (χ1v) is 6.37. The van der Waals surface area contributed by atoms with E-state index in [1.807, 2.05) is 6.92 Å². The zero-order valence-electron chi connectivity index (χ0n) is 11.4. The number of rotatable bonds is 4. The predicted octanol–water partition coefficient (Wildman–Crippen LogP) is 1.15. The number of amides is 1. The molecule has 0 N–H and O–H groups in total. The molecule has 1 aliphatic rings. The summed E-state index contributed by atoms with van der Waals surface area (Å²) in [5.74, 6) is -0.264. The first-order valence-electron chi connectivity index (χ1n) is 6.37. The molecule has 0 saturated heterocycles. The van der Waals surface area contributed by atoms with Crippen LogP contribution < -0.4 is 4.74 Å². The molecule has 104 valence electrons. The second kappa shape index (κ2) is 5.34. The average molecular weight is 266 g/mol. The lowest BCUT2D eigenvalue weighted by Crippen LogP contribution is -2.39. The molecule has 0 fully saturated rings. The zero-order valence-corrected chi connectivity index (χ0v) is 11.4. The molecular formula is C13H18N2O4. The molecule has 1 aliphatic heterocycles. The van der Waals surface area contributed by atoms with Gasteiger partial charge < -0.3 is 18.9 Å². The summed E-state index contributed by atoms with van der Waals surface area (Å²) in [7, 11) is 1.46. The summed E-state index contributed by atoms with van der Waals surface area (Å²) < 4.78 is 12.0. The van der Waals surface area contributed by atoms with E-state index in [1.165, 1.54) is 7.11 Å². The molecule has 0 spiro atoms. The summed E-state index contributed by atoms with van der Waals surface area (Å²) in [6, 6.07) is 0. The molecule has 6 heteroatoms. The Bertz CT molecular complexity index is 507. The van der Waals surface area contributed by atoms with E-state index in [-0.39, 0.29) is 12.5 Å². The predicted molar refractivity (Wildman–Crippen MR) is 68.5 cm³/mol. The van der Waals surface area contributed by atoms with Crippen molar-refractivity contribution in [3.63, 3.8) is 0 Å². The fourth-order valence-electron chi connectivity index (χ4n) is 2.28. The lowest BCUT2D eigenvalue weighted by atomic mass is 10.2. The molecule has 0 unspecified atom stereocenters. The molecule has 0 aromatic carbocycles. The van der Waals surface area contributed by atoms with Gasteiger partial charge in [0.25, 0.3) is 5.91 Å². The highest BCUT2D eigenvalue weighted by molar-refractivity contribution is 6.02. The third kappa shape index (κ3) is 2.18. The van der Waals surface area contributed by atoms with Gasteiger partial charge in [-0.2, -0.15) is 0 Å². The number of hydrogen-bond acceptors (Lipinski definition) is 4. The number of likely N-dealkylation sites (N-methyl/N-ethyl adjacent to an activating group) is 1. The first kappa shape index (κ1) is 13.5. The van der Waals surface area contributed by atoms with Crippen LogP contribution in [0.1, 0.15) is 34.7 Å². The van der Waals surface area contributed by atoms with E-state index in [9.17, 15) is 9.59 Å². The van der Waals surface area contributed by atoms with Crippen molar-refractivity contribution in [1.82, 2.24) is 9.47 Å². The number of hydrogen-bond donors (Lipinski definition) is 0. The first-order chi connectivity index (χ1) is 9.13. The van der Waals surface area contributed by atoms with Gasteiger partial charge in [0.15, 0.2) is 11.4 Å². The van der Waals surface area contributed by atoms with Crippen molar-refractivity contribution < 1.29 is 19.1 Å². The summed E-state index contributed by atoms with van der Waals surface area (Å²) in [5, 5.41) is 0. The fourth-order valence-corrected chi connectivity index (χ4v) is 2.28. The summed E-state index contributed by atoms with van der Waals surface area (Å²) in [4.78, 5) is 25.9. The van der Waals surface area contributed by atoms with Gasteiger partial charge in [-0.15, -0.1) is 0 Å². The molecule has 19 heavy (non-hydrogen) atoms. The monoisotopic (exact) mass is 266 g/mol. The largest absolute Gasteiger partial charge is 0.493 e. The third-order valence-corrected chi connectivity index (χ3v) is 3.21. The molecule has 0 bridgehead atoms. The number of fused-ring (bicyclic) bond motifs is 1. The molecule has 0 aliphatic carbocycles. The lowest BCUT2D eigenvalue weighted by Gasteiger charge is -2.27. The third-order valence-electron chi connectivity index (χ3n) is 3.21. The number of carbonyl (C=O) groups excluding carboxylic acids is 2. The van der Waals surface area contributed by atoms with Gasteiger partial charge in [-0.3, -0.25) is 4.79 Å². The van der Waals surface area contributed by atoms with E-state index in [0.717, 1.165) is 0 Å². The maximum absolute atomic E-state index is 12.3. The molecule has 0 radical (unpaired) electrons. The Kier molecular flexibility index (Phi) is 3.78. The van der Waals surface area contributed by atoms with Crippen LogP contribution in [-0.2, 0) is 11.3 Å². The van der Waals surface area contributed by atoms with Crippen LogP contribution in [0.25, 0.3) is 0 Å². The highest BCUT2D eigenvalue weighted by Crippen LogP contribution is 2.30. The van der Waals surface area contributed by atoms with Crippen LogP contribution in [-0.4, -0.2) is 48.1 Å². The highest BCUT2D eigenvalue weighted by atomic mass is 16.5. The normalized spacial score (nSPS) is 14.3. The quantitative estimate of drug-likeness (QED) is 0.767. The summed E-state index contributed by atoms with van der Waals surface area (Å²) >= 11 is 0. The van der Waals surface area contributed by atoms with Gasteiger partial charge in [-0.25, -0.2) is 4.79 Å². The molecule has 0 atom stereocenters. The van der Waals surface area contributed by atoms with Crippen LogP contribution >= 0.6 is 0 Å². The topological polar surface area (TPSA) is 60.8 Å². The molecule has 1 aromatic heterocycles. The lowest BCUT2D eigenvalue weighted by molar-refractivity contribution is 0.0523. The Balaban J connectivity index is 2.46. The van der Waals surface area contributed by atoms with Gasteiger partial charge in [0.2, 0.25) is 0 Å². The SMILES string of the molecule is CCOC(=O)c1cn2c(c1OC)C(=O)N(CC)CC2. The van der Waals surface area contributed by atoms with Crippen LogP contribution in [0.15, 0.2) is 6.20 Å². The van der Waals surface area contributed by atoms with Gasteiger partial charge in [0.05, 0.1) is 13.7 Å². The minimum Gasteiger partial charge on any atom is -0.493 e. The summed E-state index contributed by atoms with van der Waals surface area (Å²) in [6.45, 7) is 5.89. The van der Waals surface area contributed by atoms with Crippen LogP contribution in [0.3, 0.4) is 0 Å². The van der Waals surface area contributed by atoms with E-state index in [1.54, 1.807) is 22.6 Å². The number of carbonyl (C=O) groups is 2. The van der Waals surface area contributed by atoms with E-state index >= 15 is 0 Å². The Hall–Kier alpha value is -1.98.